The van der Waals surface area contributed by atoms with Crippen LogP contribution in [-0.4, -0.2) is 81.0 Å². The number of rotatable bonds is 11. The average Bonchev–Trinajstić information content (AvgIpc) is 3.60. The number of alkyl halides is 3. The topological polar surface area (TPSA) is 183 Å². The van der Waals surface area contributed by atoms with Crippen LogP contribution in [0, 0.1) is 11.3 Å². The first kappa shape index (κ1) is 33.8. The fourth-order valence-corrected chi connectivity index (χ4v) is 4.59. The molecule has 1 aromatic carbocycles. The minimum atomic E-state index is -4.75. The maximum Gasteiger partial charge on any atom is 0.435 e. The lowest BCUT2D eigenvalue weighted by molar-refractivity contribution is -0.141. The van der Waals surface area contributed by atoms with Gasteiger partial charge in [0.2, 0.25) is 5.91 Å². The summed E-state index contributed by atoms with van der Waals surface area (Å²) in [5, 5.41) is 27.2. The molecule has 0 spiro atoms. The van der Waals surface area contributed by atoms with Crippen molar-refractivity contribution >= 4 is 46.9 Å². The van der Waals surface area contributed by atoms with Crippen molar-refractivity contribution in [2.24, 2.45) is 0 Å². The summed E-state index contributed by atoms with van der Waals surface area (Å²) in [6, 6.07) is 6.56. The Morgan fingerprint density at radius 2 is 2.00 bits per heavy atom. The van der Waals surface area contributed by atoms with Gasteiger partial charge in [-0.2, -0.15) is 23.5 Å². The molecule has 3 aromatic heterocycles. The van der Waals surface area contributed by atoms with Crippen LogP contribution in [0.5, 0.6) is 0 Å². The van der Waals surface area contributed by atoms with Crippen molar-refractivity contribution in [1.82, 2.24) is 45.4 Å². The summed E-state index contributed by atoms with van der Waals surface area (Å²) < 4.78 is 43.4. The van der Waals surface area contributed by atoms with E-state index in [0.717, 1.165) is 30.3 Å². The van der Waals surface area contributed by atoms with Crippen LogP contribution < -0.4 is 26.6 Å². The molecule has 1 fully saturated rings. The number of carbonyl (C=O) groups excluding carboxylic acids is 3. The molecule has 4 aromatic rings. The number of imidazole rings is 1. The predicted octanol–water partition coefficient (Wildman–Crippen LogP) is 2.14. The van der Waals surface area contributed by atoms with Crippen molar-refractivity contribution in [1.29, 1.82) is 5.26 Å². The van der Waals surface area contributed by atoms with E-state index in [0.29, 0.717) is 12.2 Å². The number of nitrogens with zero attached hydrogens (tertiary/aromatic N) is 6. The fraction of sp³-hybridized carbons (Fsp3) is 0.321. The number of hydrogen-bond acceptors (Lipinski definition) is 10. The highest BCUT2D eigenvalue weighted by atomic mass is 35.5. The number of carbonyl (C=O) groups is 3. The molecule has 2 amide bonds. The standard InChI is InChI=1S/C26H25ClF3N11O2.C2H4O/c27-19-9-15(1-2-17(19)25(43)35-5-4-32-13-21(42)37-16-10-33-11-16)38-23-24-36-12-20(41(24)8-6-34-23)18-14-40(7-3-31)39-22(18)26(28,29)30;1-2-3/h1-2,6,8-9,12,14,16,32-33H,4-5,7,10-11,13H2,(H,34,38)(H,35,43)(H,37,42);2H,1H3. The van der Waals surface area contributed by atoms with E-state index < -0.39 is 17.8 Å². The molecule has 0 radical (unpaired) electrons. The maximum absolute atomic E-state index is 13.7. The average molecular weight is 660 g/mol. The third-order valence-corrected chi connectivity index (χ3v) is 6.78. The van der Waals surface area contributed by atoms with E-state index in [-0.39, 0.29) is 64.9 Å². The molecule has 18 heteroatoms. The Labute approximate surface area is 265 Å². The molecule has 1 saturated heterocycles. The second kappa shape index (κ2) is 15.3. The monoisotopic (exact) mass is 659 g/mol. The minimum absolute atomic E-state index is 0.104. The molecule has 14 nitrogen and oxygen atoms in total. The smallest absolute Gasteiger partial charge is 0.351 e. The van der Waals surface area contributed by atoms with E-state index >= 15 is 0 Å². The van der Waals surface area contributed by atoms with E-state index in [1.54, 1.807) is 12.1 Å². The summed E-state index contributed by atoms with van der Waals surface area (Å²) in [6.45, 7) is 3.41. The molecule has 242 valence electrons. The number of aromatic nitrogens is 5. The van der Waals surface area contributed by atoms with Crippen LogP contribution in [0.15, 0.2) is 43.0 Å². The highest BCUT2D eigenvalue weighted by Crippen LogP contribution is 2.37. The van der Waals surface area contributed by atoms with Crippen molar-refractivity contribution in [2.45, 2.75) is 25.7 Å². The summed E-state index contributed by atoms with van der Waals surface area (Å²) >= 11 is 6.38. The summed E-state index contributed by atoms with van der Waals surface area (Å²) in [7, 11) is 0. The Hall–Kier alpha value is -5.05. The lowest BCUT2D eigenvalue weighted by Gasteiger charge is -2.27. The molecule has 5 rings (SSSR count). The lowest BCUT2D eigenvalue weighted by Crippen LogP contribution is -2.58. The SMILES string of the molecule is CC=O.N#CCn1cc(-c2cnc3c(Nc4ccc(C(=O)NCCNCC(=O)NC5CNC5)c(Cl)c4)nccn23)c(C(F)(F)F)n1. The second-order valence-electron chi connectivity index (χ2n) is 9.77. The summed E-state index contributed by atoms with van der Waals surface area (Å²) in [6.07, 6.45) is 1.25. The van der Waals surface area contributed by atoms with Crippen LogP contribution in [0.25, 0.3) is 16.9 Å². The van der Waals surface area contributed by atoms with Gasteiger partial charge in [-0.15, -0.1) is 0 Å². The van der Waals surface area contributed by atoms with Gasteiger partial charge in [-0.25, -0.2) is 9.97 Å². The molecular formula is C28H29ClF3N11O3. The van der Waals surface area contributed by atoms with Crippen LogP contribution in [0.1, 0.15) is 23.0 Å². The molecule has 0 atom stereocenters. The highest BCUT2D eigenvalue weighted by Gasteiger charge is 2.38. The Morgan fingerprint density at radius 1 is 1.24 bits per heavy atom. The number of hydrogen-bond donors (Lipinski definition) is 5. The largest absolute Gasteiger partial charge is 0.435 e. The zero-order valence-corrected chi connectivity index (χ0v) is 25.1. The van der Waals surface area contributed by atoms with Gasteiger partial charge < -0.3 is 31.4 Å². The van der Waals surface area contributed by atoms with Crippen molar-refractivity contribution in [2.75, 3.05) is 38.0 Å². The summed E-state index contributed by atoms with van der Waals surface area (Å²) in [5.41, 5.74) is -0.366. The van der Waals surface area contributed by atoms with Gasteiger partial charge in [0.1, 0.15) is 12.8 Å². The van der Waals surface area contributed by atoms with Gasteiger partial charge in [0.15, 0.2) is 17.2 Å². The number of anilines is 2. The number of benzene rings is 1. The molecule has 46 heavy (non-hydrogen) atoms. The van der Waals surface area contributed by atoms with E-state index in [4.69, 9.17) is 21.7 Å². The Morgan fingerprint density at radius 3 is 2.65 bits per heavy atom. The van der Waals surface area contributed by atoms with Gasteiger partial charge in [0.25, 0.3) is 5.91 Å². The molecule has 0 aliphatic carbocycles. The maximum atomic E-state index is 13.7. The van der Waals surface area contributed by atoms with Gasteiger partial charge in [-0.1, -0.05) is 11.6 Å². The minimum Gasteiger partial charge on any atom is -0.351 e. The van der Waals surface area contributed by atoms with Crippen LogP contribution in [0.2, 0.25) is 5.02 Å². The van der Waals surface area contributed by atoms with E-state index in [9.17, 15) is 22.8 Å². The molecule has 1 aliphatic rings. The van der Waals surface area contributed by atoms with Crippen LogP contribution in [0.3, 0.4) is 0 Å². The van der Waals surface area contributed by atoms with Crippen molar-refractivity contribution in [3.8, 4) is 17.3 Å². The first-order valence-corrected chi connectivity index (χ1v) is 14.2. The second-order valence-corrected chi connectivity index (χ2v) is 10.2. The first-order valence-electron chi connectivity index (χ1n) is 13.8. The quantitative estimate of drug-likeness (QED) is 0.118. The van der Waals surface area contributed by atoms with Crippen molar-refractivity contribution in [3.05, 3.63) is 59.3 Å². The number of nitrogens with one attached hydrogen (secondary N) is 5. The van der Waals surface area contributed by atoms with Gasteiger partial charge in [-0.3, -0.25) is 18.7 Å². The molecule has 0 unspecified atom stereocenters. The number of fused-ring (bicyclic) bond motifs is 1. The highest BCUT2D eigenvalue weighted by molar-refractivity contribution is 6.34. The third kappa shape index (κ3) is 8.35. The lowest BCUT2D eigenvalue weighted by atomic mass is 10.2. The zero-order chi connectivity index (χ0) is 33.3. The fourth-order valence-electron chi connectivity index (χ4n) is 4.32. The van der Waals surface area contributed by atoms with Gasteiger partial charge in [0, 0.05) is 50.5 Å². The summed E-state index contributed by atoms with van der Waals surface area (Å²) in [5.74, 6) is -0.291. The van der Waals surface area contributed by atoms with Gasteiger partial charge in [0.05, 0.1) is 46.7 Å². The van der Waals surface area contributed by atoms with Crippen molar-refractivity contribution < 1.29 is 27.6 Å². The van der Waals surface area contributed by atoms with Gasteiger partial charge in [-0.05, 0) is 25.1 Å². The van der Waals surface area contributed by atoms with Crippen molar-refractivity contribution in [3.63, 3.8) is 0 Å². The van der Waals surface area contributed by atoms with Gasteiger partial charge >= 0.3 is 6.18 Å². The normalized spacial score (nSPS) is 12.8. The molecular weight excluding hydrogens is 631 g/mol. The molecule has 0 saturated carbocycles. The summed E-state index contributed by atoms with van der Waals surface area (Å²) in [4.78, 5) is 41.7. The Bertz CT molecular complexity index is 1750. The molecule has 1 aliphatic heterocycles. The van der Waals surface area contributed by atoms with Crippen LogP contribution in [-0.2, 0) is 22.3 Å². The van der Waals surface area contributed by atoms with E-state index in [2.05, 4.69) is 41.7 Å². The number of amides is 2. The van der Waals surface area contributed by atoms with E-state index in [1.807, 2.05) is 0 Å². The zero-order valence-electron chi connectivity index (χ0n) is 24.4. The predicted molar refractivity (Wildman–Crippen MR) is 161 cm³/mol. The Balaban J connectivity index is 0.00000154. The molecule has 0 bridgehead atoms. The number of nitriles is 1. The van der Waals surface area contributed by atoms with Crippen LogP contribution >= 0.6 is 11.6 Å². The molecule has 5 N–H and O–H groups in total. The third-order valence-electron chi connectivity index (χ3n) is 6.46. The molecule has 4 heterocycles. The number of aldehydes is 1. The van der Waals surface area contributed by atoms with Crippen LogP contribution in [0.4, 0.5) is 24.7 Å². The van der Waals surface area contributed by atoms with E-state index in [1.165, 1.54) is 42.0 Å². The number of halogens is 4. The first-order chi connectivity index (χ1) is 22.0. The Kier molecular flexibility index (Phi) is 11.2.